The second-order valence-electron chi connectivity index (χ2n) is 3.36. The molecule has 0 aromatic carbocycles. The highest BCUT2D eigenvalue weighted by Gasteiger charge is 2.29. The summed E-state index contributed by atoms with van der Waals surface area (Å²) < 4.78 is 9.55. The third kappa shape index (κ3) is 2.11. The van der Waals surface area contributed by atoms with Gasteiger partial charge in [-0.25, -0.2) is 4.79 Å². The fraction of sp³-hybridized carbons (Fsp3) is 0.750. The molecule has 5 nitrogen and oxygen atoms in total. The standard InChI is InChI=1S/C8H11NO4/c10-7-3-9(5-13-7)8(11)12-4-6-1-2-6/h6H,1-5H2. The largest absolute Gasteiger partial charge is 0.449 e. The van der Waals surface area contributed by atoms with Crippen molar-refractivity contribution in [1.29, 1.82) is 0 Å². The van der Waals surface area contributed by atoms with E-state index >= 15 is 0 Å². The van der Waals surface area contributed by atoms with Crippen LogP contribution in [0.4, 0.5) is 4.79 Å². The minimum absolute atomic E-state index is 0.0174. The van der Waals surface area contributed by atoms with Crippen molar-refractivity contribution in [2.24, 2.45) is 5.92 Å². The van der Waals surface area contributed by atoms with E-state index in [1.165, 1.54) is 4.90 Å². The molecule has 1 aliphatic carbocycles. The lowest BCUT2D eigenvalue weighted by molar-refractivity contribution is -0.136. The SMILES string of the molecule is O=C1CN(C(=O)OCC2CC2)CO1. The van der Waals surface area contributed by atoms with E-state index in [9.17, 15) is 9.59 Å². The summed E-state index contributed by atoms with van der Waals surface area (Å²) in [7, 11) is 0. The Kier molecular flexibility index (Phi) is 2.08. The molecule has 0 spiro atoms. The van der Waals surface area contributed by atoms with E-state index in [1.54, 1.807) is 0 Å². The van der Waals surface area contributed by atoms with Gasteiger partial charge in [-0.15, -0.1) is 0 Å². The van der Waals surface area contributed by atoms with Crippen molar-refractivity contribution < 1.29 is 19.1 Å². The molecule has 1 heterocycles. The summed E-state index contributed by atoms with van der Waals surface area (Å²) in [6.45, 7) is 0.523. The molecule has 2 rings (SSSR count). The fourth-order valence-electron chi connectivity index (χ4n) is 1.08. The maximum atomic E-state index is 11.2. The highest BCUT2D eigenvalue weighted by molar-refractivity contribution is 5.80. The minimum atomic E-state index is -0.447. The van der Waals surface area contributed by atoms with E-state index in [-0.39, 0.29) is 19.2 Å². The van der Waals surface area contributed by atoms with Crippen molar-refractivity contribution in [3.63, 3.8) is 0 Å². The lowest BCUT2D eigenvalue weighted by atomic mass is 10.5. The van der Waals surface area contributed by atoms with Crippen molar-refractivity contribution in [2.45, 2.75) is 12.8 Å². The topological polar surface area (TPSA) is 55.8 Å². The van der Waals surface area contributed by atoms with Gasteiger partial charge >= 0.3 is 12.1 Å². The zero-order valence-electron chi connectivity index (χ0n) is 7.19. The van der Waals surface area contributed by atoms with Crippen LogP contribution >= 0.6 is 0 Å². The Labute approximate surface area is 75.6 Å². The first kappa shape index (κ1) is 8.34. The molecule has 1 aliphatic heterocycles. The van der Waals surface area contributed by atoms with Crippen molar-refractivity contribution in [3.05, 3.63) is 0 Å². The van der Waals surface area contributed by atoms with Gasteiger partial charge in [0.05, 0.1) is 6.61 Å². The highest BCUT2D eigenvalue weighted by atomic mass is 16.6. The third-order valence-corrected chi connectivity index (χ3v) is 2.10. The summed E-state index contributed by atoms with van der Waals surface area (Å²) in [5.74, 6) is 0.173. The van der Waals surface area contributed by atoms with Gasteiger partial charge in [0.25, 0.3) is 0 Å². The van der Waals surface area contributed by atoms with Gasteiger partial charge in [0, 0.05) is 0 Å². The first-order valence-electron chi connectivity index (χ1n) is 4.33. The molecule has 0 radical (unpaired) electrons. The van der Waals surface area contributed by atoms with Crippen molar-refractivity contribution >= 4 is 12.1 Å². The number of cyclic esters (lactones) is 1. The Balaban J connectivity index is 1.72. The molecular formula is C8H11NO4. The van der Waals surface area contributed by atoms with Crippen LogP contribution in [-0.4, -0.2) is 36.8 Å². The van der Waals surface area contributed by atoms with E-state index in [0.717, 1.165) is 12.8 Å². The number of esters is 1. The van der Waals surface area contributed by atoms with Crippen LogP contribution in [0.5, 0.6) is 0 Å². The lowest BCUT2D eigenvalue weighted by Gasteiger charge is -2.11. The Bertz CT molecular complexity index is 236. The summed E-state index contributed by atoms with van der Waals surface area (Å²) in [6.07, 6.45) is 1.84. The van der Waals surface area contributed by atoms with Crippen LogP contribution in [-0.2, 0) is 14.3 Å². The number of hydrogen-bond donors (Lipinski definition) is 0. The molecule has 1 amide bonds. The van der Waals surface area contributed by atoms with Crippen LogP contribution in [0.3, 0.4) is 0 Å². The number of carbonyl (C=O) groups is 2. The molecule has 0 bridgehead atoms. The molecule has 2 aliphatic rings. The van der Waals surface area contributed by atoms with E-state index in [4.69, 9.17) is 4.74 Å². The number of nitrogens with zero attached hydrogens (tertiary/aromatic N) is 1. The zero-order valence-corrected chi connectivity index (χ0v) is 7.19. The minimum Gasteiger partial charge on any atom is -0.449 e. The Hall–Kier alpha value is -1.26. The Morgan fingerprint density at radius 1 is 1.62 bits per heavy atom. The highest BCUT2D eigenvalue weighted by Crippen LogP contribution is 2.29. The van der Waals surface area contributed by atoms with Gasteiger partial charge in [-0.05, 0) is 18.8 Å². The summed E-state index contributed by atoms with van der Waals surface area (Å²) in [6, 6.07) is 0. The quantitative estimate of drug-likeness (QED) is 0.582. The van der Waals surface area contributed by atoms with Crippen LogP contribution < -0.4 is 0 Å². The zero-order chi connectivity index (χ0) is 9.26. The van der Waals surface area contributed by atoms with Crippen LogP contribution in [0.15, 0.2) is 0 Å². The van der Waals surface area contributed by atoms with Gasteiger partial charge in [0.2, 0.25) is 0 Å². The van der Waals surface area contributed by atoms with Gasteiger partial charge in [-0.1, -0.05) is 0 Å². The predicted molar refractivity (Wildman–Crippen MR) is 41.7 cm³/mol. The summed E-state index contributed by atoms with van der Waals surface area (Å²) >= 11 is 0. The molecule has 1 saturated carbocycles. The van der Waals surface area contributed by atoms with Crippen LogP contribution in [0.1, 0.15) is 12.8 Å². The average Bonchev–Trinajstić information content (AvgIpc) is 2.84. The number of amides is 1. The van der Waals surface area contributed by atoms with Crippen molar-refractivity contribution in [1.82, 2.24) is 4.90 Å². The van der Waals surface area contributed by atoms with E-state index < -0.39 is 6.09 Å². The van der Waals surface area contributed by atoms with Crippen molar-refractivity contribution in [3.8, 4) is 0 Å². The van der Waals surface area contributed by atoms with Gasteiger partial charge in [-0.3, -0.25) is 9.69 Å². The normalized spacial score (nSPS) is 21.5. The van der Waals surface area contributed by atoms with Gasteiger partial charge < -0.3 is 9.47 Å². The molecular weight excluding hydrogens is 174 g/mol. The summed E-state index contributed by atoms with van der Waals surface area (Å²) in [5.41, 5.74) is 0. The van der Waals surface area contributed by atoms with Crippen LogP contribution in [0, 0.1) is 5.92 Å². The average molecular weight is 185 g/mol. The number of rotatable bonds is 2. The predicted octanol–water partition coefficient (Wildman–Crippen LogP) is 0.349. The van der Waals surface area contributed by atoms with Crippen LogP contribution in [0.2, 0.25) is 0 Å². The lowest BCUT2D eigenvalue weighted by Crippen LogP contribution is -2.29. The molecule has 0 aromatic heterocycles. The fourth-order valence-corrected chi connectivity index (χ4v) is 1.08. The van der Waals surface area contributed by atoms with Gasteiger partial charge in [0.15, 0.2) is 6.73 Å². The Morgan fingerprint density at radius 3 is 2.92 bits per heavy atom. The molecule has 0 unspecified atom stereocenters. The monoisotopic (exact) mass is 185 g/mol. The third-order valence-electron chi connectivity index (χ3n) is 2.10. The first-order valence-corrected chi connectivity index (χ1v) is 4.33. The Morgan fingerprint density at radius 2 is 2.38 bits per heavy atom. The van der Waals surface area contributed by atoms with E-state index in [1.807, 2.05) is 0 Å². The molecule has 72 valence electrons. The maximum absolute atomic E-state index is 11.2. The number of ether oxygens (including phenoxy) is 2. The molecule has 13 heavy (non-hydrogen) atoms. The summed E-state index contributed by atoms with van der Waals surface area (Å²) in [4.78, 5) is 23.1. The number of carbonyl (C=O) groups excluding carboxylic acids is 2. The molecule has 2 fully saturated rings. The van der Waals surface area contributed by atoms with E-state index in [2.05, 4.69) is 4.74 Å². The van der Waals surface area contributed by atoms with Crippen molar-refractivity contribution in [2.75, 3.05) is 19.9 Å². The van der Waals surface area contributed by atoms with Gasteiger partial charge in [0.1, 0.15) is 6.54 Å². The van der Waals surface area contributed by atoms with E-state index in [0.29, 0.717) is 12.5 Å². The molecule has 1 saturated heterocycles. The molecule has 0 aromatic rings. The smallest absolute Gasteiger partial charge is 0.412 e. The maximum Gasteiger partial charge on any atom is 0.412 e. The second kappa shape index (κ2) is 3.24. The molecule has 0 atom stereocenters. The second-order valence-corrected chi connectivity index (χ2v) is 3.36. The molecule has 5 heteroatoms. The summed E-state index contributed by atoms with van der Waals surface area (Å²) in [5, 5.41) is 0. The number of hydrogen-bond acceptors (Lipinski definition) is 4. The van der Waals surface area contributed by atoms with Gasteiger partial charge in [-0.2, -0.15) is 0 Å². The van der Waals surface area contributed by atoms with Crippen LogP contribution in [0.25, 0.3) is 0 Å². The first-order chi connectivity index (χ1) is 6.25. The molecule has 0 N–H and O–H groups in total.